The highest BCUT2D eigenvalue weighted by Gasteiger charge is 2.42. The quantitative estimate of drug-likeness (QED) is 0.907. The van der Waals surface area contributed by atoms with Crippen molar-refractivity contribution in [2.75, 3.05) is 17.2 Å². The van der Waals surface area contributed by atoms with E-state index in [4.69, 9.17) is 0 Å². The maximum absolute atomic E-state index is 12.4. The fourth-order valence-corrected chi connectivity index (χ4v) is 4.17. The van der Waals surface area contributed by atoms with Gasteiger partial charge < -0.3 is 10.2 Å². The molecule has 1 aromatic rings. The number of carbonyl (C=O) groups excluding carboxylic acids is 2. The van der Waals surface area contributed by atoms with E-state index in [0.717, 1.165) is 10.6 Å². The average molecular weight is 316 g/mol. The van der Waals surface area contributed by atoms with Gasteiger partial charge in [0, 0.05) is 10.9 Å². The van der Waals surface area contributed by atoms with Crippen molar-refractivity contribution in [1.29, 1.82) is 0 Å². The SMILES string of the molecule is O=C(CN1C(=O)CSc2ccccc21)NC(C1CC1)C1CC1. The van der Waals surface area contributed by atoms with Crippen LogP contribution in [0.5, 0.6) is 0 Å². The molecule has 0 unspecified atom stereocenters. The third-order valence-corrected chi connectivity index (χ3v) is 5.74. The molecule has 2 aliphatic carbocycles. The van der Waals surface area contributed by atoms with Crippen LogP contribution in [0, 0.1) is 11.8 Å². The number of benzene rings is 1. The molecule has 0 radical (unpaired) electrons. The zero-order valence-electron chi connectivity index (χ0n) is 12.5. The van der Waals surface area contributed by atoms with Crippen molar-refractivity contribution in [2.45, 2.75) is 36.6 Å². The Labute approximate surface area is 134 Å². The van der Waals surface area contributed by atoms with Crippen LogP contribution in [0.15, 0.2) is 29.2 Å². The summed E-state index contributed by atoms with van der Waals surface area (Å²) in [6, 6.07) is 8.16. The van der Waals surface area contributed by atoms with Gasteiger partial charge in [0.15, 0.2) is 0 Å². The van der Waals surface area contributed by atoms with Crippen molar-refractivity contribution in [2.24, 2.45) is 11.8 Å². The Morgan fingerprint density at radius 2 is 1.91 bits per heavy atom. The van der Waals surface area contributed by atoms with E-state index in [1.54, 1.807) is 16.7 Å². The van der Waals surface area contributed by atoms with E-state index in [1.807, 2.05) is 24.3 Å². The van der Waals surface area contributed by atoms with E-state index in [2.05, 4.69) is 5.32 Å². The van der Waals surface area contributed by atoms with Gasteiger partial charge in [0.25, 0.3) is 0 Å². The smallest absolute Gasteiger partial charge is 0.240 e. The van der Waals surface area contributed by atoms with Gasteiger partial charge in [-0.2, -0.15) is 0 Å². The summed E-state index contributed by atoms with van der Waals surface area (Å²) in [5.74, 6) is 1.78. The molecule has 4 rings (SSSR count). The molecule has 0 aromatic heterocycles. The average Bonchev–Trinajstić information content (AvgIpc) is 3.39. The Balaban J connectivity index is 1.45. The van der Waals surface area contributed by atoms with E-state index >= 15 is 0 Å². The van der Waals surface area contributed by atoms with Crippen molar-refractivity contribution in [3.05, 3.63) is 24.3 Å². The molecule has 1 heterocycles. The lowest BCUT2D eigenvalue weighted by molar-refractivity contribution is -0.123. The number of anilines is 1. The number of amides is 2. The van der Waals surface area contributed by atoms with Gasteiger partial charge in [0.2, 0.25) is 11.8 Å². The summed E-state index contributed by atoms with van der Waals surface area (Å²) in [6.45, 7) is 0.145. The van der Waals surface area contributed by atoms with Gasteiger partial charge in [-0.15, -0.1) is 11.8 Å². The maximum atomic E-state index is 12.4. The molecule has 1 N–H and O–H groups in total. The number of para-hydroxylation sites is 1. The van der Waals surface area contributed by atoms with E-state index in [9.17, 15) is 9.59 Å². The molecule has 116 valence electrons. The van der Waals surface area contributed by atoms with Crippen molar-refractivity contribution < 1.29 is 9.59 Å². The van der Waals surface area contributed by atoms with Gasteiger partial charge in [-0.1, -0.05) is 12.1 Å². The van der Waals surface area contributed by atoms with Crippen LogP contribution in [-0.2, 0) is 9.59 Å². The highest BCUT2D eigenvalue weighted by molar-refractivity contribution is 8.00. The summed E-state index contributed by atoms with van der Waals surface area (Å²) in [7, 11) is 0. The first-order valence-electron chi connectivity index (χ1n) is 8.04. The predicted molar refractivity (Wildman–Crippen MR) is 86.9 cm³/mol. The van der Waals surface area contributed by atoms with Gasteiger partial charge in [-0.3, -0.25) is 9.59 Å². The van der Waals surface area contributed by atoms with Crippen molar-refractivity contribution in [3.63, 3.8) is 0 Å². The second kappa shape index (κ2) is 5.61. The summed E-state index contributed by atoms with van der Waals surface area (Å²) in [5.41, 5.74) is 0.869. The van der Waals surface area contributed by atoms with Gasteiger partial charge >= 0.3 is 0 Å². The minimum absolute atomic E-state index is 0.0150. The lowest BCUT2D eigenvalue weighted by Crippen LogP contribution is -2.47. The second-order valence-corrected chi connectivity index (χ2v) is 7.52. The predicted octanol–water partition coefficient (Wildman–Crippen LogP) is 2.43. The molecule has 1 aromatic carbocycles. The third-order valence-electron chi connectivity index (χ3n) is 4.70. The normalized spacial score (nSPS) is 21.0. The van der Waals surface area contributed by atoms with Crippen molar-refractivity contribution >= 4 is 29.3 Å². The largest absolute Gasteiger partial charge is 0.351 e. The summed E-state index contributed by atoms with van der Waals surface area (Å²) in [4.78, 5) is 27.3. The minimum Gasteiger partial charge on any atom is -0.351 e. The Morgan fingerprint density at radius 1 is 1.23 bits per heavy atom. The summed E-state index contributed by atoms with van der Waals surface area (Å²) >= 11 is 1.55. The highest BCUT2D eigenvalue weighted by atomic mass is 32.2. The number of hydrogen-bond donors (Lipinski definition) is 1. The molecule has 2 amide bonds. The van der Waals surface area contributed by atoms with E-state index in [-0.39, 0.29) is 18.4 Å². The van der Waals surface area contributed by atoms with E-state index in [1.165, 1.54) is 25.7 Å². The van der Waals surface area contributed by atoms with Crippen molar-refractivity contribution in [1.82, 2.24) is 5.32 Å². The van der Waals surface area contributed by atoms with Crippen LogP contribution in [0.2, 0.25) is 0 Å². The molecule has 4 nitrogen and oxygen atoms in total. The van der Waals surface area contributed by atoms with Gasteiger partial charge in [-0.05, 0) is 49.7 Å². The molecule has 3 aliphatic rings. The Morgan fingerprint density at radius 3 is 2.59 bits per heavy atom. The topological polar surface area (TPSA) is 49.4 Å². The molecule has 0 bridgehead atoms. The number of hydrogen-bond acceptors (Lipinski definition) is 3. The number of carbonyl (C=O) groups is 2. The molecule has 2 fully saturated rings. The molecule has 5 heteroatoms. The number of nitrogens with one attached hydrogen (secondary N) is 1. The molecule has 22 heavy (non-hydrogen) atoms. The molecule has 0 atom stereocenters. The lowest BCUT2D eigenvalue weighted by Gasteiger charge is -2.29. The van der Waals surface area contributed by atoms with E-state index < -0.39 is 0 Å². The Bertz CT molecular complexity index is 598. The summed E-state index contributed by atoms with van der Waals surface area (Å²) < 4.78 is 0. The first-order valence-corrected chi connectivity index (χ1v) is 9.02. The van der Waals surface area contributed by atoms with Crippen LogP contribution in [-0.4, -0.2) is 30.2 Å². The standard InChI is InChI=1S/C17H20N2O2S/c20-15(18-17(11-5-6-11)12-7-8-12)9-19-13-3-1-2-4-14(13)22-10-16(19)21/h1-4,11-12,17H,5-10H2,(H,18,20). The van der Waals surface area contributed by atoms with Crippen LogP contribution in [0.25, 0.3) is 0 Å². The van der Waals surface area contributed by atoms with E-state index in [0.29, 0.717) is 23.6 Å². The van der Waals surface area contributed by atoms with Gasteiger partial charge in [-0.25, -0.2) is 0 Å². The fourth-order valence-electron chi connectivity index (χ4n) is 3.23. The van der Waals surface area contributed by atoms with Crippen LogP contribution in [0.3, 0.4) is 0 Å². The second-order valence-electron chi connectivity index (χ2n) is 6.50. The maximum Gasteiger partial charge on any atom is 0.240 e. The third kappa shape index (κ3) is 2.86. The number of nitrogens with zero attached hydrogens (tertiary/aromatic N) is 1. The van der Waals surface area contributed by atoms with Crippen LogP contribution in [0.4, 0.5) is 5.69 Å². The number of fused-ring (bicyclic) bond motifs is 1. The number of rotatable bonds is 5. The van der Waals surface area contributed by atoms with Crippen LogP contribution < -0.4 is 10.2 Å². The monoisotopic (exact) mass is 316 g/mol. The summed E-state index contributed by atoms with van der Waals surface area (Å²) in [5, 5.41) is 3.20. The molecule has 2 saturated carbocycles. The van der Waals surface area contributed by atoms with Crippen LogP contribution in [0.1, 0.15) is 25.7 Å². The first-order chi connectivity index (χ1) is 10.7. The molecular weight excluding hydrogens is 296 g/mol. The molecule has 0 saturated heterocycles. The van der Waals surface area contributed by atoms with Gasteiger partial charge in [0.1, 0.15) is 6.54 Å². The molecule has 1 aliphatic heterocycles. The van der Waals surface area contributed by atoms with Gasteiger partial charge in [0.05, 0.1) is 11.4 Å². The number of thioether (sulfide) groups is 1. The highest BCUT2D eigenvalue weighted by Crippen LogP contribution is 2.44. The fraction of sp³-hybridized carbons (Fsp3) is 0.529. The van der Waals surface area contributed by atoms with Crippen molar-refractivity contribution in [3.8, 4) is 0 Å². The zero-order chi connectivity index (χ0) is 15.1. The zero-order valence-corrected chi connectivity index (χ0v) is 13.3. The lowest BCUT2D eigenvalue weighted by atomic mass is 10.1. The Hall–Kier alpha value is -1.49. The first kappa shape index (κ1) is 14.1. The summed E-state index contributed by atoms with van der Waals surface area (Å²) in [6.07, 6.45) is 4.96. The molecule has 0 spiro atoms. The molecular formula is C17H20N2O2S. The minimum atomic E-state index is -0.0150. The Kier molecular flexibility index (Phi) is 3.60. The van der Waals surface area contributed by atoms with Crippen LogP contribution >= 0.6 is 11.8 Å².